The van der Waals surface area contributed by atoms with Crippen molar-refractivity contribution in [2.45, 2.75) is 25.3 Å². The van der Waals surface area contributed by atoms with Gasteiger partial charge in [0.25, 0.3) is 0 Å². The Morgan fingerprint density at radius 3 is 2.69 bits per heavy atom. The minimum atomic E-state index is -0.199. The van der Waals surface area contributed by atoms with Crippen LogP contribution in [0.4, 0.5) is 10.1 Å². The first-order chi connectivity index (χ1) is 14.1. The second-order valence-electron chi connectivity index (χ2n) is 7.13. The highest BCUT2D eigenvalue weighted by Gasteiger charge is 2.20. The zero-order valence-electron chi connectivity index (χ0n) is 17.0. The number of hydrogen-bond donors (Lipinski definition) is 3. The van der Waals surface area contributed by atoms with Gasteiger partial charge in [0, 0.05) is 44.5 Å². The van der Waals surface area contributed by atoms with E-state index in [9.17, 15) is 9.50 Å². The molecule has 0 saturated carbocycles. The lowest BCUT2D eigenvalue weighted by molar-refractivity contribution is 0.406. The lowest BCUT2D eigenvalue weighted by atomic mass is 10.0. The number of guanidine groups is 1. The van der Waals surface area contributed by atoms with Crippen LogP contribution in [0.5, 0.6) is 11.5 Å². The average molecular weight is 400 g/mol. The van der Waals surface area contributed by atoms with Gasteiger partial charge in [-0.1, -0.05) is 12.1 Å². The molecule has 6 nitrogen and oxygen atoms in total. The summed E-state index contributed by atoms with van der Waals surface area (Å²) in [7, 11) is 3.33. The Labute approximate surface area is 171 Å². The second kappa shape index (κ2) is 10.0. The smallest absolute Gasteiger partial charge is 0.191 e. The number of nitrogens with zero attached hydrogens (tertiary/aromatic N) is 2. The van der Waals surface area contributed by atoms with Crippen molar-refractivity contribution in [2.24, 2.45) is 4.99 Å². The fourth-order valence-corrected chi connectivity index (χ4v) is 3.54. The highest BCUT2D eigenvalue weighted by molar-refractivity contribution is 5.80. The fraction of sp³-hybridized carbons (Fsp3) is 0.409. The third-order valence-corrected chi connectivity index (χ3v) is 5.21. The molecule has 1 heterocycles. The number of phenolic OH excluding ortho intramolecular Hbond substituents is 1. The topological polar surface area (TPSA) is 69.1 Å². The normalized spacial score (nSPS) is 15.3. The number of benzene rings is 2. The third-order valence-electron chi connectivity index (χ3n) is 5.21. The van der Waals surface area contributed by atoms with E-state index in [1.165, 1.54) is 6.07 Å². The number of piperidine rings is 1. The molecule has 0 aromatic heterocycles. The minimum Gasteiger partial charge on any atom is -0.508 e. The van der Waals surface area contributed by atoms with Gasteiger partial charge in [0.15, 0.2) is 5.96 Å². The van der Waals surface area contributed by atoms with Crippen LogP contribution in [-0.4, -0.2) is 50.9 Å². The molecule has 1 saturated heterocycles. The highest BCUT2D eigenvalue weighted by atomic mass is 19.1. The van der Waals surface area contributed by atoms with E-state index in [0.717, 1.165) is 43.1 Å². The van der Waals surface area contributed by atoms with Crippen LogP contribution >= 0.6 is 0 Å². The lowest BCUT2D eigenvalue weighted by Crippen LogP contribution is -2.49. The molecule has 0 aliphatic carbocycles. The molecule has 1 aliphatic rings. The van der Waals surface area contributed by atoms with Crippen molar-refractivity contribution in [3.8, 4) is 11.5 Å². The predicted octanol–water partition coefficient (Wildman–Crippen LogP) is 2.92. The van der Waals surface area contributed by atoms with Gasteiger partial charge in [0.2, 0.25) is 0 Å². The van der Waals surface area contributed by atoms with E-state index in [1.807, 2.05) is 18.2 Å². The molecule has 156 valence electrons. The van der Waals surface area contributed by atoms with E-state index in [-0.39, 0.29) is 11.6 Å². The summed E-state index contributed by atoms with van der Waals surface area (Å²) >= 11 is 0. The third kappa shape index (κ3) is 5.76. The number of nitrogens with one attached hydrogen (secondary N) is 2. The SMILES string of the molecule is CN=C(NCCc1ccc(OC)cc1O)NC1CCN(c2cccc(F)c2)CC1. The van der Waals surface area contributed by atoms with E-state index < -0.39 is 0 Å². The molecule has 2 aromatic carbocycles. The van der Waals surface area contributed by atoms with Crippen molar-refractivity contribution in [2.75, 3.05) is 38.7 Å². The van der Waals surface area contributed by atoms with Gasteiger partial charge in [-0.25, -0.2) is 4.39 Å². The molecule has 0 radical (unpaired) electrons. The maximum Gasteiger partial charge on any atom is 0.191 e. The standard InChI is InChI=1S/C22H29FN4O2/c1-24-22(25-11-8-16-6-7-20(29-2)15-21(16)28)26-18-9-12-27(13-10-18)19-5-3-4-17(23)14-19/h3-7,14-15,18,28H,8-13H2,1-2H3,(H2,24,25,26). The summed E-state index contributed by atoms with van der Waals surface area (Å²) in [5.41, 5.74) is 1.79. The number of aliphatic imine (C=N–C) groups is 1. The van der Waals surface area contributed by atoms with Gasteiger partial charge in [-0.15, -0.1) is 0 Å². The average Bonchev–Trinajstić information content (AvgIpc) is 2.74. The Kier molecular flexibility index (Phi) is 7.16. The predicted molar refractivity (Wildman–Crippen MR) is 114 cm³/mol. The van der Waals surface area contributed by atoms with Crippen LogP contribution in [0.2, 0.25) is 0 Å². The summed E-state index contributed by atoms with van der Waals surface area (Å²) in [5.74, 6) is 1.43. The van der Waals surface area contributed by atoms with Gasteiger partial charge in [0.1, 0.15) is 17.3 Å². The first-order valence-corrected chi connectivity index (χ1v) is 9.92. The summed E-state index contributed by atoms with van der Waals surface area (Å²) in [6.45, 7) is 2.40. The highest BCUT2D eigenvalue weighted by Crippen LogP contribution is 2.23. The largest absolute Gasteiger partial charge is 0.508 e. The summed E-state index contributed by atoms with van der Waals surface area (Å²) in [6.07, 6.45) is 2.58. The number of hydrogen-bond acceptors (Lipinski definition) is 4. The quantitative estimate of drug-likeness (QED) is 0.514. The Balaban J connectivity index is 1.44. The van der Waals surface area contributed by atoms with Gasteiger partial charge < -0.3 is 25.4 Å². The van der Waals surface area contributed by atoms with Gasteiger partial charge in [-0.2, -0.15) is 0 Å². The Hall–Kier alpha value is -2.96. The van der Waals surface area contributed by atoms with Gasteiger partial charge in [-0.05, 0) is 49.1 Å². The van der Waals surface area contributed by atoms with Crippen LogP contribution in [0.1, 0.15) is 18.4 Å². The minimum absolute atomic E-state index is 0.199. The molecular formula is C22H29FN4O2. The van der Waals surface area contributed by atoms with Gasteiger partial charge >= 0.3 is 0 Å². The molecule has 0 atom stereocenters. The number of phenols is 1. The molecule has 0 unspecified atom stereocenters. The van der Waals surface area contributed by atoms with Crippen LogP contribution in [-0.2, 0) is 6.42 Å². The van der Waals surface area contributed by atoms with Crippen LogP contribution in [0.3, 0.4) is 0 Å². The van der Waals surface area contributed by atoms with E-state index in [4.69, 9.17) is 4.74 Å². The molecular weight excluding hydrogens is 371 g/mol. The number of methoxy groups -OCH3 is 1. The molecule has 1 aliphatic heterocycles. The van der Waals surface area contributed by atoms with Crippen LogP contribution in [0.15, 0.2) is 47.5 Å². The summed E-state index contributed by atoms with van der Waals surface area (Å²) < 4.78 is 18.5. The molecule has 7 heteroatoms. The van der Waals surface area contributed by atoms with Crippen LogP contribution in [0, 0.1) is 5.82 Å². The zero-order chi connectivity index (χ0) is 20.6. The summed E-state index contributed by atoms with van der Waals surface area (Å²) in [4.78, 5) is 6.51. The molecule has 0 bridgehead atoms. The molecule has 2 aromatic rings. The van der Waals surface area contributed by atoms with Crippen molar-refractivity contribution in [3.05, 3.63) is 53.8 Å². The van der Waals surface area contributed by atoms with Crippen molar-refractivity contribution in [1.82, 2.24) is 10.6 Å². The lowest BCUT2D eigenvalue weighted by Gasteiger charge is -2.34. The maximum atomic E-state index is 13.4. The van der Waals surface area contributed by atoms with Crippen molar-refractivity contribution >= 4 is 11.6 Å². The van der Waals surface area contributed by atoms with Crippen LogP contribution < -0.4 is 20.3 Å². The van der Waals surface area contributed by atoms with E-state index >= 15 is 0 Å². The van der Waals surface area contributed by atoms with Gasteiger partial charge in [-0.3, -0.25) is 4.99 Å². The number of anilines is 1. The van der Waals surface area contributed by atoms with Gasteiger partial charge in [0.05, 0.1) is 7.11 Å². The molecule has 1 fully saturated rings. The van der Waals surface area contributed by atoms with E-state index in [1.54, 1.807) is 32.4 Å². The second-order valence-corrected chi connectivity index (χ2v) is 7.13. The molecule has 3 N–H and O–H groups in total. The van der Waals surface area contributed by atoms with E-state index in [2.05, 4.69) is 20.5 Å². The monoisotopic (exact) mass is 400 g/mol. The molecule has 0 spiro atoms. The zero-order valence-corrected chi connectivity index (χ0v) is 17.0. The Bertz CT molecular complexity index is 835. The number of halogens is 1. The fourth-order valence-electron chi connectivity index (χ4n) is 3.54. The molecule has 0 amide bonds. The van der Waals surface area contributed by atoms with Crippen molar-refractivity contribution < 1.29 is 14.2 Å². The van der Waals surface area contributed by atoms with Crippen molar-refractivity contribution in [1.29, 1.82) is 0 Å². The van der Waals surface area contributed by atoms with E-state index in [0.29, 0.717) is 24.8 Å². The molecule has 29 heavy (non-hydrogen) atoms. The Morgan fingerprint density at radius 2 is 2.03 bits per heavy atom. The molecule has 3 rings (SSSR count). The first kappa shape index (κ1) is 20.8. The summed E-state index contributed by atoms with van der Waals surface area (Å²) in [6, 6.07) is 12.4. The Morgan fingerprint density at radius 1 is 1.24 bits per heavy atom. The maximum absolute atomic E-state index is 13.4. The van der Waals surface area contributed by atoms with Crippen molar-refractivity contribution in [3.63, 3.8) is 0 Å². The van der Waals surface area contributed by atoms with Crippen LogP contribution in [0.25, 0.3) is 0 Å². The summed E-state index contributed by atoms with van der Waals surface area (Å²) in [5, 5.41) is 16.8. The number of aromatic hydroxyl groups is 1. The number of ether oxygens (including phenoxy) is 1. The first-order valence-electron chi connectivity index (χ1n) is 9.92. The number of rotatable bonds is 6.